The van der Waals surface area contributed by atoms with Gasteiger partial charge in [0.15, 0.2) is 0 Å². The lowest BCUT2D eigenvalue weighted by atomic mass is 9.97. The lowest BCUT2D eigenvalue weighted by Crippen LogP contribution is -2.40. The van der Waals surface area contributed by atoms with Crippen LogP contribution < -0.4 is 4.90 Å². The van der Waals surface area contributed by atoms with Crippen molar-refractivity contribution in [3.8, 4) is 0 Å². The minimum absolute atomic E-state index is 0.129. The molecule has 1 unspecified atom stereocenters. The molecule has 0 N–H and O–H groups in total. The zero-order valence-electron chi connectivity index (χ0n) is 11.0. The lowest BCUT2D eigenvalue weighted by Gasteiger charge is -2.37. The summed E-state index contributed by atoms with van der Waals surface area (Å²) in [6.07, 6.45) is 5.92. The van der Waals surface area contributed by atoms with E-state index in [0.29, 0.717) is 11.9 Å². The fraction of sp³-hybridized carbons (Fsp3) is 0.600. The molecule has 1 aliphatic rings. The quantitative estimate of drug-likeness (QED) is 0.715. The van der Waals surface area contributed by atoms with Gasteiger partial charge >= 0.3 is 0 Å². The highest BCUT2D eigenvalue weighted by atomic mass is 35.5. The molecule has 0 bridgehead atoms. The third-order valence-corrected chi connectivity index (χ3v) is 4.03. The first-order valence-corrected chi connectivity index (χ1v) is 7.40. The Hall–Kier alpha value is -0.760. The van der Waals surface area contributed by atoms with Crippen molar-refractivity contribution >= 4 is 17.3 Å². The van der Waals surface area contributed by atoms with Crippen LogP contribution in [0, 0.1) is 5.82 Å². The van der Waals surface area contributed by atoms with Crippen LogP contribution in [0.5, 0.6) is 0 Å². The average molecular weight is 270 g/mol. The molecule has 0 saturated carbocycles. The second-order valence-corrected chi connectivity index (χ2v) is 5.32. The number of hydrogen-bond acceptors (Lipinski definition) is 1. The van der Waals surface area contributed by atoms with Gasteiger partial charge in [0.2, 0.25) is 0 Å². The fourth-order valence-electron chi connectivity index (χ4n) is 2.82. The molecule has 1 fully saturated rings. The van der Waals surface area contributed by atoms with Crippen molar-refractivity contribution in [3.63, 3.8) is 0 Å². The fourth-order valence-corrected chi connectivity index (χ4v) is 2.98. The molecule has 1 saturated heterocycles. The molecule has 0 amide bonds. The Morgan fingerprint density at radius 3 is 2.89 bits per heavy atom. The van der Waals surface area contributed by atoms with Crippen LogP contribution >= 0.6 is 11.6 Å². The average Bonchev–Trinajstić information content (AvgIpc) is 2.40. The van der Waals surface area contributed by atoms with E-state index in [-0.39, 0.29) is 5.82 Å². The van der Waals surface area contributed by atoms with Gasteiger partial charge in [-0.2, -0.15) is 0 Å². The van der Waals surface area contributed by atoms with Crippen LogP contribution in [-0.4, -0.2) is 12.6 Å². The van der Waals surface area contributed by atoms with Gasteiger partial charge in [-0.15, -0.1) is 11.6 Å². The van der Waals surface area contributed by atoms with Crippen molar-refractivity contribution in [2.75, 3.05) is 11.4 Å². The van der Waals surface area contributed by atoms with Gasteiger partial charge in [0, 0.05) is 18.5 Å². The number of hydrogen-bond donors (Lipinski definition) is 0. The van der Waals surface area contributed by atoms with Crippen LogP contribution in [0.4, 0.5) is 10.1 Å². The number of anilines is 1. The maximum Gasteiger partial charge on any atom is 0.146 e. The van der Waals surface area contributed by atoms with Gasteiger partial charge in [0.25, 0.3) is 0 Å². The molecule has 0 radical (unpaired) electrons. The van der Waals surface area contributed by atoms with Crippen molar-refractivity contribution in [2.45, 2.75) is 50.9 Å². The molecule has 1 aliphatic heterocycles. The van der Waals surface area contributed by atoms with Gasteiger partial charge in [-0.1, -0.05) is 19.4 Å². The molecule has 1 heterocycles. The van der Waals surface area contributed by atoms with E-state index in [1.54, 1.807) is 6.07 Å². The van der Waals surface area contributed by atoms with E-state index in [2.05, 4.69) is 11.8 Å². The van der Waals surface area contributed by atoms with Crippen LogP contribution in [0.3, 0.4) is 0 Å². The summed E-state index contributed by atoms with van der Waals surface area (Å²) in [4.78, 5) is 2.25. The molecule has 2 rings (SSSR count). The zero-order chi connectivity index (χ0) is 13.0. The first-order chi connectivity index (χ1) is 8.76. The predicted octanol–water partition coefficient (Wildman–Crippen LogP) is 4.72. The number of nitrogens with zero attached hydrogens (tertiary/aromatic N) is 1. The molecule has 0 aromatic heterocycles. The Labute approximate surface area is 114 Å². The topological polar surface area (TPSA) is 3.24 Å². The third-order valence-electron chi connectivity index (χ3n) is 3.72. The maximum atomic E-state index is 14.1. The zero-order valence-corrected chi connectivity index (χ0v) is 11.7. The van der Waals surface area contributed by atoms with E-state index >= 15 is 0 Å². The Kier molecular flexibility index (Phi) is 4.87. The van der Waals surface area contributed by atoms with Crippen molar-refractivity contribution in [1.29, 1.82) is 0 Å². The van der Waals surface area contributed by atoms with Gasteiger partial charge in [0.1, 0.15) is 5.82 Å². The molecule has 1 nitrogen and oxygen atoms in total. The van der Waals surface area contributed by atoms with Crippen molar-refractivity contribution in [2.24, 2.45) is 0 Å². The summed E-state index contributed by atoms with van der Waals surface area (Å²) in [6, 6.07) is 5.89. The van der Waals surface area contributed by atoms with Gasteiger partial charge in [-0.25, -0.2) is 4.39 Å². The summed E-state index contributed by atoms with van der Waals surface area (Å²) in [5.41, 5.74) is 1.60. The van der Waals surface area contributed by atoms with E-state index in [9.17, 15) is 4.39 Å². The van der Waals surface area contributed by atoms with E-state index in [0.717, 1.165) is 37.1 Å². The number of benzene rings is 1. The van der Waals surface area contributed by atoms with Gasteiger partial charge < -0.3 is 4.90 Å². The van der Waals surface area contributed by atoms with Crippen LogP contribution in [0.2, 0.25) is 0 Å². The standard InChI is InChI=1S/C15H21ClFN/c1-2-5-13-6-3-4-9-18(13)15-8-7-12(11-16)10-14(15)17/h7-8,10,13H,2-6,9,11H2,1H3. The van der Waals surface area contributed by atoms with Gasteiger partial charge in [-0.05, 0) is 43.4 Å². The second kappa shape index (κ2) is 6.42. The highest BCUT2D eigenvalue weighted by Gasteiger charge is 2.23. The molecule has 0 spiro atoms. The number of halogens is 2. The summed E-state index contributed by atoms with van der Waals surface area (Å²) in [6.45, 7) is 3.17. The Bertz CT molecular complexity index is 392. The summed E-state index contributed by atoms with van der Waals surface area (Å²) in [7, 11) is 0. The van der Waals surface area contributed by atoms with Crippen LogP contribution in [0.1, 0.15) is 44.6 Å². The van der Waals surface area contributed by atoms with E-state index in [4.69, 9.17) is 11.6 Å². The van der Waals surface area contributed by atoms with Gasteiger partial charge in [0.05, 0.1) is 5.69 Å². The smallest absolute Gasteiger partial charge is 0.146 e. The lowest BCUT2D eigenvalue weighted by molar-refractivity contribution is 0.429. The molecular formula is C15H21ClFN. The predicted molar refractivity (Wildman–Crippen MR) is 75.9 cm³/mol. The van der Waals surface area contributed by atoms with E-state index in [1.807, 2.05) is 12.1 Å². The highest BCUT2D eigenvalue weighted by molar-refractivity contribution is 6.17. The minimum atomic E-state index is -0.129. The van der Waals surface area contributed by atoms with Crippen LogP contribution in [0.25, 0.3) is 0 Å². The first-order valence-electron chi connectivity index (χ1n) is 6.87. The summed E-state index contributed by atoms with van der Waals surface area (Å²) < 4.78 is 14.1. The molecule has 1 aromatic carbocycles. The minimum Gasteiger partial charge on any atom is -0.366 e. The Morgan fingerprint density at radius 1 is 1.39 bits per heavy atom. The Balaban J connectivity index is 2.22. The second-order valence-electron chi connectivity index (χ2n) is 5.05. The van der Waals surface area contributed by atoms with Crippen molar-refractivity contribution < 1.29 is 4.39 Å². The monoisotopic (exact) mass is 269 g/mol. The molecule has 18 heavy (non-hydrogen) atoms. The number of alkyl halides is 1. The van der Waals surface area contributed by atoms with E-state index in [1.165, 1.54) is 12.8 Å². The SMILES string of the molecule is CCCC1CCCCN1c1ccc(CCl)cc1F. The molecule has 1 aromatic rings. The summed E-state index contributed by atoms with van der Waals surface area (Å²) in [5.74, 6) is 0.242. The van der Waals surface area contributed by atoms with Gasteiger partial charge in [-0.3, -0.25) is 0 Å². The number of rotatable bonds is 4. The first kappa shape index (κ1) is 13.7. The van der Waals surface area contributed by atoms with E-state index < -0.39 is 0 Å². The molecule has 1 atom stereocenters. The normalized spacial score (nSPS) is 20.2. The third kappa shape index (κ3) is 2.97. The summed E-state index contributed by atoms with van der Waals surface area (Å²) >= 11 is 5.74. The van der Waals surface area contributed by atoms with Crippen LogP contribution in [0.15, 0.2) is 18.2 Å². The van der Waals surface area contributed by atoms with Crippen LogP contribution in [-0.2, 0) is 5.88 Å². The van der Waals surface area contributed by atoms with Crippen molar-refractivity contribution in [3.05, 3.63) is 29.6 Å². The highest BCUT2D eigenvalue weighted by Crippen LogP contribution is 2.30. The van der Waals surface area contributed by atoms with Crippen molar-refractivity contribution in [1.82, 2.24) is 0 Å². The molecule has 100 valence electrons. The molecular weight excluding hydrogens is 249 g/mol. The Morgan fingerprint density at radius 2 is 2.22 bits per heavy atom. The maximum absolute atomic E-state index is 14.1. The number of piperidine rings is 1. The summed E-state index contributed by atoms with van der Waals surface area (Å²) in [5, 5.41) is 0. The molecule has 3 heteroatoms. The largest absolute Gasteiger partial charge is 0.366 e. The molecule has 0 aliphatic carbocycles.